The highest BCUT2D eigenvalue weighted by Gasteiger charge is 2.32. The average molecular weight is 331 g/mol. The lowest BCUT2D eigenvalue weighted by atomic mass is 9.95. The van der Waals surface area contributed by atoms with Crippen molar-refractivity contribution in [1.82, 2.24) is 10.3 Å². The van der Waals surface area contributed by atoms with Crippen molar-refractivity contribution in [1.29, 1.82) is 0 Å². The highest BCUT2D eigenvalue weighted by atomic mass is 35.5. The van der Waals surface area contributed by atoms with Crippen LogP contribution in [0.15, 0.2) is 23.4 Å². The minimum absolute atomic E-state index is 0.187. The molecule has 21 heavy (non-hydrogen) atoms. The first-order chi connectivity index (χ1) is 10.0. The molecule has 0 saturated heterocycles. The zero-order chi connectivity index (χ0) is 15.7. The maximum Gasteiger partial charge on any atom is 0.326 e. The minimum atomic E-state index is -0.608. The van der Waals surface area contributed by atoms with Crippen LogP contribution < -0.4 is 5.32 Å². The average Bonchev–Trinajstić information content (AvgIpc) is 2.48. The Bertz CT molecular complexity index is 459. The van der Waals surface area contributed by atoms with Crippen molar-refractivity contribution in [2.24, 2.45) is 0 Å². The zero-order valence-corrected chi connectivity index (χ0v) is 14.4. The normalized spacial score (nSPS) is 13.7. The predicted octanol–water partition coefficient (Wildman–Crippen LogP) is 3.54. The van der Waals surface area contributed by atoms with Crippen molar-refractivity contribution in [2.45, 2.75) is 43.7 Å². The summed E-state index contributed by atoms with van der Waals surface area (Å²) in [5.41, 5.74) is -0.608. The van der Waals surface area contributed by atoms with Gasteiger partial charge in [0, 0.05) is 6.20 Å². The van der Waals surface area contributed by atoms with Crippen LogP contribution in [0.4, 0.5) is 0 Å². The summed E-state index contributed by atoms with van der Waals surface area (Å²) in [7, 11) is 1.79. The van der Waals surface area contributed by atoms with Crippen LogP contribution in [0, 0.1) is 0 Å². The molecule has 4 nitrogen and oxygen atoms in total. The summed E-state index contributed by atoms with van der Waals surface area (Å²) in [6, 6.07) is 3.67. The van der Waals surface area contributed by atoms with Gasteiger partial charge in [0.05, 0.1) is 11.6 Å². The topological polar surface area (TPSA) is 51.2 Å². The van der Waals surface area contributed by atoms with Gasteiger partial charge in [-0.2, -0.15) is 0 Å². The third-order valence-electron chi connectivity index (χ3n) is 3.31. The van der Waals surface area contributed by atoms with Crippen LogP contribution in [0.3, 0.4) is 0 Å². The Morgan fingerprint density at radius 1 is 1.52 bits per heavy atom. The first-order valence-corrected chi connectivity index (χ1v) is 8.49. The number of rotatable bonds is 9. The lowest BCUT2D eigenvalue weighted by Gasteiger charge is -2.26. The minimum Gasteiger partial charge on any atom is -0.465 e. The van der Waals surface area contributed by atoms with Gasteiger partial charge in [-0.1, -0.05) is 18.0 Å². The summed E-state index contributed by atoms with van der Waals surface area (Å²) >= 11 is 7.70. The van der Waals surface area contributed by atoms with E-state index in [0.29, 0.717) is 11.6 Å². The SMILES string of the molecule is CCOC(=O)C(C)(CCCCSc1ncccc1Cl)NC. The molecular formula is C15H23ClN2O2S. The van der Waals surface area contributed by atoms with Crippen molar-refractivity contribution in [3.63, 3.8) is 0 Å². The van der Waals surface area contributed by atoms with E-state index in [-0.39, 0.29) is 5.97 Å². The number of esters is 1. The molecule has 1 rings (SSSR count). The summed E-state index contributed by atoms with van der Waals surface area (Å²) in [6.45, 7) is 4.11. The molecule has 0 spiro atoms. The Morgan fingerprint density at radius 3 is 2.90 bits per heavy atom. The summed E-state index contributed by atoms with van der Waals surface area (Å²) < 4.78 is 5.11. The molecule has 1 N–H and O–H groups in total. The van der Waals surface area contributed by atoms with Crippen LogP contribution in [0.5, 0.6) is 0 Å². The molecule has 1 aromatic heterocycles. The van der Waals surface area contributed by atoms with Crippen LogP contribution >= 0.6 is 23.4 Å². The Morgan fingerprint density at radius 2 is 2.29 bits per heavy atom. The number of pyridine rings is 1. The van der Waals surface area contributed by atoms with E-state index < -0.39 is 5.54 Å². The molecule has 1 atom stereocenters. The second-order valence-electron chi connectivity index (χ2n) is 4.90. The number of halogens is 1. The molecule has 0 aromatic carbocycles. The number of nitrogens with one attached hydrogen (secondary N) is 1. The van der Waals surface area contributed by atoms with Gasteiger partial charge in [-0.3, -0.25) is 4.79 Å². The van der Waals surface area contributed by atoms with Crippen LogP contribution in [-0.4, -0.2) is 35.9 Å². The number of ether oxygens (including phenoxy) is 1. The molecule has 1 aromatic rings. The van der Waals surface area contributed by atoms with Gasteiger partial charge in [0.2, 0.25) is 0 Å². The standard InChI is InChI=1S/C15H23ClN2O2S/c1-4-20-14(19)15(2,17-3)9-5-6-11-21-13-12(16)8-7-10-18-13/h7-8,10,17H,4-6,9,11H2,1-3H3. The Labute approximate surface area is 136 Å². The number of carbonyl (C=O) groups is 1. The lowest BCUT2D eigenvalue weighted by Crippen LogP contribution is -2.48. The smallest absolute Gasteiger partial charge is 0.326 e. The Balaban J connectivity index is 2.32. The molecule has 0 aliphatic carbocycles. The first kappa shape index (κ1) is 18.3. The number of hydrogen-bond donors (Lipinski definition) is 1. The van der Waals surface area contributed by atoms with E-state index in [1.165, 1.54) is 0 Å². The summed E-state index contributed by atoms with van der Waals surface area (Å²) in [4.78, 5) is 16.1. The Hall–Kier alpha value is -0.780. The number of thioether (sulfide) groups is 1. The maximum absolute atomic E-state index is 11.9. The molecule has 0 fully saturated rings. The molecular weight excluding hydrogens is 308 g/mol. The fraction of sp³-hybridized carbons (Fsp3) is 0.600. The summed E-state index contributed by atoms with van der Waals surface area (Å²) in [5.74, 6) is 0.743. The fourth-order valence-corrected chi connectivity index (χ4v) is 3.01. The molecule has 1 heterocycles. The monoisotopic (exact) mass is 330 g/mol. The predicted molar refractivity (Wildman–Crippen MR) is 87.9 cm³/mol. The van der Waals surface area contributed by atoms with Gasteiger partial charge < -0.3 is 10.1 Å². The quantitative estimate of drug-likeness (QED) is 0.426. The lowest BCUT2D eigenvalue weighted by molar-refractivity contribution is -0.150. The van der Waals surface area contributed by atoms with E-state index in [0.717, 1.165) is 30.0 Å². The van der Waals surface area contributed by atoms with Gasteiger partial charge in [-0.15, -0.1) is 11.8 Å². The van der Waals surface area contributed by atoms with Crippen LogP contribution in [0.2, 0.25) is 5.02 Å². The van der Waals surface area contributed by atoms with Crippen molar-refractivity contribution in [3.8, 4) is 0 Å². The van der Waals surface area contributed by atoms with Crippen molar-refractivity contribution < 1.29 is 9.53 Å². The second kappa shape index (κ2) is 9.28. The number of nitrogens with zero attached hydrogens (tertiary/aromatic N) is 1. The molecule has 0 amide bonds. The van der Waals surface area contributed by atoms with Crippen molar-refractivity contribution >= 4 is 29.3 Å². The molecule has 0 saturated carbocycles. The molecule has 6 heteroatoms. The number of hydrogen-bond acceptors (Lipinski definition) is 5. The van der Waals surface area contributed by atoms with Crippen molar-refractivity contribution in [2.75, 3.05) is 19.4 Å². The van der Waals surface area contributed by atoms with E-state index in [2.05, 4.69) is 10.3 Å². The van der Waals surface area contributed by atoms with Gasteiger partial charge in [-0.25, -0.2) is 4.98 Å². The number of aromatic nitrogens is 1. The number of unbranched alkanes of at least 4 members (excludes halogenated alkanes) is 1. The van der Waals surface area contributed by atoms with Gasteiger partial charge in [0.25, 0.3) is 0 Å². The summed E-state index contributed by atoms with van der Waals surface area (Å²) in [6.07, 6.45) is 4.42. The van der Waals surface area contributed by atoms with Crippen LogP contribution in [-0.2, 0) is 9.53 Å². The second-order valence-corrected chi connectivity index (χ2v) is 6.39. The van der Waals surface area contributed by atoms with Gasteiger partial charge >= 0.3 is 5.97 Å². The fourth-order valence-electron chi connectivity index (χ4n) is 1.85. The van der Waals surface area contributed by atoms with E-state index in [9.17, 15) is 4.79 Å². The van der Waals surface area contributed by atoms with E-state index >= 15 is 0 Å². The van der Waals surface area contributed by atoms with Crippen LogP contribution in [0.1, 0.15) is 33.1 Å². The maximum atomic E-state index is 11.9. The Kier molecular flexibility index (Phi) is 8.07. The molecule has 1 unspecified atom stereocenters. The summed E-state index contributed by atoms with van der Waals surface area (Å²) in [5, 5.41) is 4.62. The number of likely N-dealkylation sites (N-methyl/N-ethyl adjacent to an activating group) is 1. The molecule has 118 valence electrons. The van der Waals surface area contributed by atoms with Gasteiger partial charge in [0.1, 0.15) is 10.6 Å². The first-order valence-electron chi connectivity index (χ1n) is 7.13. The third kappa shape index (κ3) is 5.85. The van der Waals surface area contributed by atoms with Crippen molar-refractivity contribution in [3.05, 3.63) is 23.4 Å². The largest absolute Gasteiger partial charge is 0.465 e. The molecule has 0 radical (unpaired) electrons. The number of carbonyl (C=O) groups excluding carboxylic acids is 1. The highest BCUT2D eigenvalue weighted by molar-refractivity contribution is 7.99. The highest BCUT2D eigenvalue weighted by Crippen LogP contribution is 2.25. The molecule has 0 bridgehead atoms. The zero-order valence-electron chi connectivity index (χ0n) is 12.8. The van der Waals surface area contributed by atoms with Gasteiger partial charge in [0.15, 0.2) is 0 Å². The van der Waals surface area contributed by atoms with E-state index in [4.69, 9.17) is 16.3 Å². The third-order valence-corrected chi connectivity index (χ3v) is 4.82. The van der Waals surface area contributed by atoms with E-state index in [1.54, 1.807) is 25.0 Å². The van der Waals surface area contributed by atoms with E-state index in [1.807, 2.05) is 26.0 Å². The van der Waals surface area contributed by atoms with Crippen LogP contribution in [0.25, 0.3) is 0 Å². The molecule has 0 aliphatic heterocycles. The molecule has 0 aliphatic rings. The van der Waals surface area contributed by atoms with Gasteiger partial charge in [-0.05, 0) is 51.6 Å².